The van der Waals surface area contributed by atoms with E-state index in [1.165, 1.54) is 36.5 Å². The molecule has 84 valence electrons. The second-order valence-electron chi connectivity index (χ2n) is 4.54. The van der Waals surface area contributed by atoms with Gasteiger partial charge in [0.25, 0.3) is 0 Å². The maximum Gasteiger partial charge on any atom is 0.0628 e. The van der Waals surface area contributed by atoms with Gasteiger partial charge in [0.2, 0.25) is 0 Å². The average Bonchev–Trinajstić information content (AvgIpc) is 2.39. The molecule has 0 unspecified atom stereocenters. The lowest BCUT2D eigenvalue weighted by Gasteiger charge is -2.27. The zero-order valence-electron chi connectivity index (χ0n) is 10.0. The molecule has 1 fully saturated rings. The quantitative estimate of drug-likeness (QED) is 0.814. The maximum atomic E-state index is 4.61. The standard InChI is InChI=1S/C12H21N3/c1-4-12-9(2)14-15(10(12)3)6-5-11-7-13-8-11/h11,13H,4-8H2,1-3H3. The first-order valence-corrected chi connectivity index (χ1v) is 5.96. The molecule has 3 heteroatoms. The van der Waals surface area contributed by atoms with E-state index in [0.29, 0.717) is 0 Å². The summed E-state index contributed by atoms with van der Waals surface area (Å²) in [6.07, 6.45) is 2.36. The molecule has 0 bridgehead atoms. The van der Waals surface area contributed by atoms with Gasteiger partial charge in [0.1, 0.15) is 0 Å². The molecule has 0 radical (unpaired) electrons. The molecule has 15 heavy (non-hydrogen) atoms. The molecular formula is C12H21N3. The van der Waals surface area contributed by atoms with Crippen molar-refractivity contribution in [1.82, 2.24) is 15.1 Å². The predicted octanol–water partition coefficient (Wildman–Crippen LogP) is 1.67. The summed E-state index contributed by atoms with van der Waals surface area (Å²) in [7, 11) is 0. The second kappa shape index (κ2) is 4.35. The number of nitrogens with one attached hydrogen (secondary N) is 1. The van der Waals surface area contributed by atoms with E-state index in [1.54, 1.807) is 0 Å². The van der Waals surface area contributed by atoms with E-state index in [0.717, 1.165) is 18.9 Å². The number of rotatable bonds is 4. The van der Waals surface area contributed by atoms with E-state index in [4.69, 9.17) is 0 Å². The Morgan fingerprint density at radius 3 is 2.60 bits per heavy atom. The molecule has 2 rings (SSSR count). The minimum absolute atomic E-state index is 0.874. The van der Waals surface area contributed by atoms with E-state index in [-0.39, 0.29) is 0 Å². The van der Waals surface area contributed by atoms with Crippen LogP contribution in [0.3, 0.4) is 0 Å². The zero-order valence-corrected chi connectivity index (χ0v) is 10.0. The Bertz CT molecular complexity index is 337. The molecule has 0 aromatic carbocycles. The van der Waals surface area contributed by atoms with E-state index >= 15 is 0 Å². The molecule has 0 spiro atoms. The van der Waals surface area contributed by atoms with Crippen LogP contribution >= 0.6 is 0 Å². The second-order valence-corrected chi connectivity index (χ2v) is 4.54. The topological polar surface area (TPSA) is 29.9 Å². The minimum atomic E-state index is 0.874. The van der Waals surface area contributed by atoms with Crippen LogP contribution in [0.2, 0.25) is 0 Å². The van der Waals surface area contributed by atoms with Crippen LogP contribution in [-0.4, -0.2) is 22.9 Å². The first kappa shape index (κ1) is 10.7. The molecule has 0 atom stereocenters. The summed E-state index contributed by atoms with van der Waals surface area (Å²) in [4.78, 5) is 0. The highest BCUT2D eigenvalue weighted by molar-refractivity contribution is 5.24. The molecule has 0 aliphatic carbocycles. The van der Waals surface area contributed by atoms with Crippen molar-refractivity contribution in [2.75, 3.05) is 13.1 Å². The number of aryl methyl sites for hydroxylation is 2. The summed E-state index contributed by atoms with van der Waals surface area (Å²) < 4.78 is 2.19. The smallest absolute Gasteiger partial charge is 0.0628 e. The molecule has 1 aliphatic rings. The van der Waals surface area contributed by atoms with Crippen molar-refractivity contribution in [3.63, 3.8) is 0 Å². The molecule has 3 nitrogen and oxygen atoms in total. The lowest BCUT2D eigenvalue weighted by Crippen LogP contribution is -2.42. The molecule has 1 aromatic heterocycles. The Balaban J connectivity index is 2.00. The number of hydrogen-bond acceptors (Lipinski definition) is 2. The molecule has 1 saturated heterocycles. The van der Waals surface area contributed by atoms with Gasteiger partial charge in [-0.1, -0.05) is 6.92 Å². The van der Waals surface area contributed by atoms with Gasteiger partial charge in [0.05, 0.1) is 5.69 Å². The van der Waals surface area contributed by atoms with Gasteiger partial charge in [-0.05, 0) is 51.3 Å². The fraction of sp³-hybridized carbons (Fsp3) is 0.750. The predicted molar refractivity (Wildman–Crippen MR) is 62.1 cm³/mol. The summed E-state index contributed by atoms with van der Waals surface area (Å²) in [5, 5.41) is 7.92. The molecule has 2 heterocycles. The van der Waals surface area contributed by atoms with Crippen LogP contribution in [0.4, 0.5) is 0 Å². The number of aromatic nitrogens is 2. The van der Waals surface area contributed by atoms with Gasteiger partial charge in [-0.25, -0.2) is 0 Å². The molecule has 1 aliphatic heterocycles. The summed E-state index contributed by atoms with van der Waals surface area (Å²) >= 11 is 0. The molecular weight excluding hydrogens is 186 g/mol. The van der Waals surface area contributed by atoms with Crippen molar-refractivity contribution in [3.05, 3.63) is 17.0 Å². The van der Waals surface area contributed by atoms with Crippen LogP contribution in [0.25, 0.3) is 0 Å². The highest BCUT2D eigenvalue weighted by Crippen LogP contribution is 2.16. The monoisotopic (exact) mass is 207 g/mol. The summed E-state index contributed by atoms with van der Waals surface area (Å²) in [6.45, 7) is 9.99. The first-order valence-electron chi connectivity index (χ1n) is 5.96. The summed E-state index contributed by atoms with van der Waals surface area (Å²) in [5.41, 5.74) is 4.01. The van der Waals surface area contributed by atoms with E-state index < -0.39 is 0 Å². The van der Waals surface area contributed by atoms with Gasteiger partial charge >= 0.3 is 0 Å². The average molecular weight is 207 g/mol. The lowest BCUT2D eigenvalue weighted by atomic mass is 9.99. The number of hydrogen-bond donors (Lipinski definition) is 1. The number of nitrogens with zero attached hydrogens (tertiary/aromatic N) is 2. The minimum Gasteiger partial charge on any atom is -0.316 e. The van der Waals surface area contributed by atoms with Crippen LogP contribution in [0.15, 0.2) is 0 Å². The maximum absolute atomic E-state index is 4.61. The van der Waals surface area contributed by atoms with Gasteiger partial charge in [-0.3, -0.25) is 4.68 Å². The molecule has 1 N–H and O–H groups in total. The Morgan fingerprint density at radius 2 is 2.13 bits per heavy atom. The third kappa shape index (κ3) is 2.07. The Morgan fingerprint density at radius 1 is 1.40 bits per heavy atom. The van der Waals surface area contributed by atoms with Crippen molar-refractivity contribution in [2.45, 2.75) is 40.2 Å². The van der Waals surface area contributed by atoms with Gasteiger partial charge in [-0.15, -0.1) is 0 Å². The van der Waals surface area contributed by atoms with Gasteiger partial charge in [0, 0.05) is 12.2 Å². The molecule has 1 aromatic rings. The largest absolute Gasteiger partial charge is 0.316 e. The van der Waals surface area contributed by atoms with Crippen molar-refractivity contribution < 1.29 is 0 Å². The zero-order chi connectivity index (χ0) is 10.8. The van der Waals surface area contributed by atoms with E-state index in [9.17, 15) is 0 Å². The molecule has 0 amide bonds. The highest BCUT2D eigenvalue weighted by Gasteiger charge is 2.17. The van der Waals surface area contributed by atoms with Crippen molar-refractivity contribution in [3.8, 4) is 0 Å². The van der Waals surface area contributed by atoms with Crippen LogP contribution in [-0.2, 0) is 13.0 Å². The Kier molecular flexibility index (Phi) is 3.10. The third-order valence-corrected chi connectivity index (χ3v) is 3.50. The van der Waals surface area contributed by atoms with Gasteiger partial charge in [-0.2, -0.15) is 5.10 Å². The Hall–Kier alpha value is -0.830. The summed E-state index contributed by atoms with van der Waals surface area (Å²) in [6, 6.07) is 0. The van der Waals surface area contributed by atoms with Crippen molar-refractivity contribution in [1.29, 1.82) is 0 Å². The van der Waals surface area contributed by atoms with Crippen molar-refractivity contribution >= 4 is 0 Å². The lowest BCUT2D eigenvalue weighted by molar-refractivity contribution is 0.305. The SMILES string of the molecule is CCc1c(C)nn(CCC2CNC2)c1C. The van der Waals surface area contributed by atoms with E-state index in [2.05, 4.69) is 35.9 Å². The normalized spacial score (nSPS) is 16.7. The highest BCUT2D eigenvalue weighted by atomic mass is 15.3. The van der Waals surface area contributed by atoms with Gasteiger partial charge < -0.3 is 5.32 Å². The first-order chi connectivity index (χ1) is 7.22. The van der Waals surface area contributed by atoms with Crippen LogP contribution in [0, 0.1) is 19.8 Å². The van der Waals surface area contributed by atoms with Crippen LogP contribution in [0.5, 0.6) is 0 Å². The van der Waals surface area contributed by atoms with Gasteiger partial charge in [0.15, 0.2) is 0 Å². The fourth-order valence-corrected chi connectivity index (χ4v) is 2.32. The third-order valence-electron chi connectivity index (χ3n) is 3.50. The Labute approximate surface area is 91.9 Å². The summed E-state index contributed by atoms with van der Waals surface area (Å²) in [5.74, 6) is 0.874. The van der Waals surface area contributed by atoms with Crippen LogP contribution < -0.4 is 5.32 Å². The van der Waals surface area contributed by atoms with Crippen molar-refractivity contribution in [2.24, 2.45) is 5.92 Å². The van der Waals surface area contributed by atoms with E-state index in [1.807, 2.05) is 0 Å². The van der Waals surface area contributed by atoms with Crippen LogP contribution in [0.1, 0.15) is 30.3 Å². The molecule has 0 saturated carbocycles. The fourth-order valence-electron chi connectivity index (χ4n) is 2.32.